The summed E-state index contributed by atoms with van der Waals surface area (Å²) in [5, 5.41) is 11.5. The van der Waals surface area contributed by atoms with Crippen LogP contribution in [0.1, 0.15) is 19.8 Å². The van der Waals surface area contributed by atoms with Crippen molar-refractivity contribution < 1.29 is 9.90 Å². The van der Waals surface area contributed by atoms with Crippen LogP contribution in [0.3, 0.4) is 0 Å². The molecule has 1 aliphatic carbocycles. The molecule has 3 nitrogen and oxygen atoms in total. The van der Waals surface area contributed by atoms with Crippen molar-refractivity contribution in [3.63, 3.8) is 0 Å². The first-order chi connectivity index (χ1) is 4.18. The number of aliphatic hydroxyl groups is 1. The summed E-state index contributed by atoms with van der Waals surface area (Å²) in [4.78, 5) is 10.4. The molecule has 52 valence electrons. The van der Waals surface area contributed by atoms with E-state index < -0.39 is 0 Å². The fourth-order valence-corrected chi connectivity index (χ4v) is 0.993. The van der Waals surface area contributed by atoms with Gasteiger partial charge < -0.3 is 10.4 Å². The van der Waals surface area contributed by atoms with Gasteiger partial charge >= 0.3 is 0 Å². The topological polar surface area (TPSA) is 49.3 Å². The predicted molar refractivity (Wildman–Crippen MR) is 32.8 cm³/mol. The molecule has 0 saturated heterocycles. The van der Waals surface area contributed by atoms with E-state index in [1.165, 1.54) is 6.92 Å². The smallest absolute Gasteiger partial charge is 0.217 e. The van der Waals surface area contributed by atoms with E-state index in [1.807, 2.05) is 0 Å². The van der Waals surface area contributed by atoms with Gasteiger partial charge in [0.25, 0.3) is 0 Å². The van der Waals surface area contributed by atoms with Crippen LogP contribution in [0.15, 0.2) is 0 Å². The molecule has 1 fully saturated rings. The average Bonchev–Trinajstić information content (AvgIpc) is 1.60. The Labute approximate surface area is 54.1 Å². The third-order valence-electron chi connectivity index (χ3n) is 1.52. The lowest BCUT2D eigenvalue weighted by atomic mass is 9.90. The molecule has 1 aliphatic rings. The maximum absolute atomic E-state index is 10.4. The Kier molecular flexibility index (Phi) is 1.71. The molecule has 0 spiro atoms. The van der Waals surface area contributed by atoms with Crippen molar-refractivity contribution in [1.29, 1.82) is 0 Å². The number of hydrogen-bond acceptors (Lipinski definition) is 2. The van der Waals surface area contributed by atoms with Crippen molar-refractivity contribution in [1.82, 2.24) is 5.32 Å². The standard InChI is InChI=1S/C6H11NO2/c1-4(8)7-5-2-6(9)3-5/h5-6,9H,2-3H2,1H3,(H,7,8)/t5-,6-. The predicted octanol–water partition coefficient (Wildman–Crippen LogP) is -0.354. The SMILES string of the molecule is CC(=O)N[C@H]1C[C@H](O)C1. The van der Waals surface area contributed by atoms with Crippen LogP contribution < -0.4 is 5.32 Å². The molecule has 0 aliphatic heterocycles. The molecule has 0 bridgehead atoms. The number of amides is 1. The van der Waals surface area contributed by atoms with E-state index in [2.05, 4.69) is 5.32 Å². The Bertz CT molecular complexity index is 118. The first kappa shape index (κ1) is 6.55. The summed E-state index contributed by atoms with van der Waals surface area (Å²) in [5.74, 6) is -0.00750. The summed E-state index contributed by atoms with van der Waals surface area (Å²) in [5.41, 5.74) is 0. The zero-order chi connectivity index (χ0) is 6.85. The molecule has 1 saturated carbocycles. The molecule has 0 aromatic carbocycles. The maximum Gasteiger partial charge on any atom is 0.217 e. The average molecular weight is 129 g/mol. The molecule has 1 amide bonds. The van der Waals surface area contributed by atoms with E-state index >= 15 is 0 Å². The van der Waals surface area contributed by atoms with Crippen molar-refractivity contribution >= 4 is 5.91 Å². The highest BCUT2D eigenvalue weighted by molar-refractivity contribution is 5.73. The minimum Gasteiger partial charge on any atom is -0.393 e. The summed E-state index contributed by atoms with van der Waals surface area (Å²) in [7, 11) is 0. The number of aliphatic hydroxyl groups excluding tert-OH is 1. The fraction of sp³-hybridized carbons (Fsp3) is 0.833. The van der Waals surface area contributed by atoms with Crippen molar-refractivity contribution in [3.8, 4) is 0 Å². The minimum atomic E-state index is -0.179. The van der Waals surface area contributed by atoms with E-state index in [0.29, 0.717) is 0 Å². The lowest BCUT2D eigenvalue weighted by Gasteiger charge is -2.31. The van der Waals surface area contributed by atoms with Gasteiger partial charge in [-0.25, -0.2) is 0 Å². The van der Waals surface area contributed by atoms with Crippen molar-refractivity contribution in [2.75, 3.05) is 0 Å². The lowest BCUT2D eigenvalue weighted by molar-refractivity contribution is -0.120. The quantitative estimate of drug-likeness (QED) is 0.508. The third-order valence-corrected chi connectivity index (χ3v) is 1.52. The molecule has 0 aromatic heterocycles. The summed E-state index contributed by atoms with van der Waals surface area (Å²) >= 11 is 0. The van der Waals surface area contributed by atoms with Gasteiger partial charge in [0.05, 0.1) is 6.10 Å². The first-order valence-corrected chi connectivity index (χ1v) is 3.13. The molecule has 2 N–H and O–H groups in total. The zero-order valence-electron chi connectivity index (χ0n) is 5.42. The summed E-state index contributed by atoms with van der Waals surface area (Å²) in [6, 6.07) is 0.234. The van der Waals surface area contributed by atoms with Gasteiger partial charge in [-0.15, -0.1) is 0 Å². The van der Waals surface area contributed by atoms with Crippen LogP contribution >= 0.6 is 0 Å². The monoisotopic (exact) mass is 129 g/mol. The molecule has 9 heavy (non-hydrogen) atoms. The highest BCUT2D eigenvalue weighted by Crippen LogP contribution is 2.18. The molecular formula is C6H11NO2. The molecule has 1 rings (SSSR count). The van der Waals surface area contributed by atoms with E-state index in [9.17, 15) is 4.79 Å². The molecular weight excluding hydrogens is 118 g/mol. The van der Waals surface area contributed by atoms with Crippen LogP contribution in [0.5, 0.6) is 0 Å². The van der Waals surface area contributed by atoms with Gasteiger partial charge in [0.15, 0.2) is 0 Å². The van der Waals surface area contributed by atoms with E-state index in [4.69, 9.17) is 5.11 Å². The maximum atomic E-state index is 10.4. The highest BCUT2D eigenvalue weighted by atomic mass is 16.3. The fourth-order valence-electron chi connectivity index (χ4n) is 0.993. The van der Waals surface area contributed by atoms with Gasteiger partial charge in [-0.3, -0.25) is 4.79 Å². The van der Waals surface area contributed by atoms with Crippen LogP contribution in [0.2, 0.25) is 0 Å². The molecule has 0 radical (unpaired) electrons. The third kappa shape index (κ3) is 1.68. The van der Waals surface area contributed by atoms with E-state index in [0.717, 1.165) is 12.8 Å². The molecule has 0 atom stereocenters. The van der Waals surface area contributed by atoms with E-state index in [1.54, 1.807) is 0 Å². The number of nitrogens with one attached hydrogen (secondary N) is 1. The van der Waals surface area contributed by atoms with Crippen LogP contribution in [-0.4, -0.2) is 23.2 Å². The number of carbonyl (C=O) groups is 1. The van der Waals surface area contributed by atoms with Crippen LogP contribution in [0, 0.1) is 0 Å². The van der Waals surface area contributed by atoms with Crippen molar-refractivity contribution in [3.05, 3.63) is 0 Å². The lowest BCUT2D eigenvalue weighted by Crippen LogP contribution is -2.45. The Balaban J connectivity index is 2.11. The number of rotatable bonds is 1. The Morgan fingerprint density at radius 2 is 2.22 bits per heavy atom. The summed E-state index contributed by atoms with van der Waals surface area (Å²) < 4.78 is 0. The van der Waals surface area contributed by atoms with Gasteiger partial charge in [-0.2, -0.15) is 0 Å². The van der Waals surface area contributed by atoms with E-state index in [-0.39, 0.29) is 18.1 Å². The Morgan fingerprint density at radius 3 is 2.56 bits per heavy atom. The van der Waals surface area contributed by atoms with Crippen molar-refractivity contribution in [2.24, 2.45) is 0 Å². The second-order valence-corrected chi connectivity index (χ2v) is 2.52. The first-order valence-electron chi connectivity index (χ1n) is 3.13. The molecule has 0 unspecified atom stereocenters. The van der Waals surface area contributed by atoms with Crippen LogP contribution in [0.4, 0.5) is 0 Å². The molecule has 3 heteroatoms. The second kappa shape index (κ2) is 2.35. The largest absolute Gasteiger partial charge is 0.393 e. The Hall–Kier alpha value is -0.570. The van der Waals surface area contributed by atoms with Gasteiger partial charge in [0.1, 0.15) is 0 Å². The zero-order valence-corrected chi connectivity index (χ0v) is 5.42. The van der Waals surface area contributed by atoms with Gasteiger partial charge in [-0.1, -0.05) is 0 Å². The highest BCUT2D eigenvalue weighted by Gasteiger charge is 2.27. The summed E-state index contributed by atoms with van der Waals surface area (Å²) in [6.07, 6.45) is 1.26. The summed E-state index contributed by atoms with van der Waals surface area (Å²) in [6.45, 7) is 1.49. The Morgan fingerprint density at radius 1 is 1.67 bits per heavy atom. The number of carbonyl (C=O) groups excluding carboxylic acids is 1. The van der Waals surface area contributed by atoms with Gasteiger partial charge in [0, 0.05) is 13.0 Å². The van der Waals surface area contributed by atoms with Gasteiger partial charge in [0.2, 0.25) is 5.91 Å². The number of hydrogen-bond donors (Lipinski definition) is 2. The van der Waals surface area contributed by atoms with Crippen molar-refractivity contribution in [2.45, 2.75) is 31.9 Å². The normalized spacial score (nSPS) is 33.1. The molecule has 0 aromatic rings. The van der Waals surface area contributed by atoms with Crippen LogP contribution in [-0.2, 0) is 4.79 Å². The molecule has 0 heterocycles. The van der Waals surface area contributed by atoms with Gasteiger partial charge in [-0.05, 0) is 12.8 Å². The minimum absolute atomic E-state index is 0.00750. The second-order valence-electron chi connectivity index (χ2n) is 2.52. The van der Waals surface area contributed by atoms with Crippen LogP contribution in [0.25, 0.3) is 0 Å².